The van der Waals surface area contributed by atoms with E-state index in [9.17, 15) is 9.59 Å². The van der Waals surface area contributed by atoms with Crippen molar-refractivity contribution in [3.05, 3.63) is 23.8 Å². The van der Waals surface area contributed by atoms with Gasteiger partial charge in [-0.2, -0.15) is 0 Å². The third-order valence-electron chi connectivity index (χ3n) is 5.33. The van der Waals surface area contributed by atoms with Crippen molar-refractivity contribution in [1.29, 1.82) is 0 Å². The number of likely N-dealkylation sites (tertiary alicyclic amines) is 1. The van der Waals surface area contributed by atoms with Gasteiger partial charge in [-0.1, -0.05) is 6.07 Å². The summed E-state index contributed by atoms with van der Waals surface area (Å²) in [6.07, 6.45) is 2.68. The molecule has 7 heteroatoms. The first-order chi connectivity index (χ1) is 14.0. The molecule has 0 bridgehead atoms. The minimum Gasteiger partial charge on any atom is -0.493 e. The van der Waals surface area contributed by atoms with Gasteiger partial charge in [0.25, 0.3) is 0 Å². The molecule has 1 aromatic carbocycles. The lowest BCUT2D eigenvalue weighted by Gasteiger charge is -2.35. The molecule has 0 atom stereocenters. The third kappa shape index (κ3) is 6.54. The summed E-state index contributed by atoms with van der Waals surface area (Å²) in [7, 11) is 1.62. The van der Waals surface area contributed by atoms with E-state index in [1.54, 1.807) is 7.11 Å². The van der Waals surface area contributed by atoms with E-state index in [0.717, 1.165) is 31.5 Å². The van der Waals surface area contributed by atoms with Crippen LogP contribution in [0.2, 0.25) is 0 Å². The molecule has 3 amide bonds. The van der Waals surface area contributed by atoms with Crippen molar-refractivity contribution >= 4 is 11.9 Å². The van der Waals surface area contributed by atoms with Crippen LogP contribution in [0, 0.1) is 0 Å². The summed E-state index contributed by atoms with van der Waals surface area (Å²) in [6.45, 7) is 9.33. The van der Waals surface area contributed by atoms with Crippen LogP contribution >= 0.6 is 0 Å². The quantitative estimate of drug-likeness (QED) is 0.685. The molecule has 0 aromatic heterocycles. The highest BCUT2D eigenvalue weighted by molar-refractivity contribution is 5.77. The van der Waals surface area contributed by atoms with Crippen LogP contribution in [-0.2, 0) is 11.2 Å². The van der Waals surface area contributed by atoms with E-state index in [1.165, 1.54) is 0 Å². The van der Waals surface area contributed by atoms with Gasteiger partial charge in [-0.3, -0.25) is 4.79 Å². The van der Waals surface area contributed by atoms with Crippen molar-refractivity contribution in [2.24, 2.45) is 0 Å². The fourth-order valence-corrected chi connectivity index (χ4v) is 3.61. The first-order valence-electron chi connectivity index (χ1n) is 10.6. The van der Waals surface area contributed by atoms with Crippen molar-refractivity contribution < 1.29 is 19.1 Å². The van der Waals surface area contributed by atoms with Gasteiger partial charge >= 0.3 is 6.03 Å². The standard InChI is InChI=1S/C22H35N3O4/c1-5-24(6-2)22(27)25-14-12-18(13-15-25)23-21(26)11-9-17-8-10-19(29-7-3)20(16-17)28-4/h8,10,16,18H,5-7,9,11-15H2,1-4H3,(H,23,26). The van der Waals surface area contributed by atoms with E-state index < -0.39 is 0 Å². The van der Waals surface area contributed by atoms with Crippen molar-refractivity contribution in [1.82, 2.24) is 15.1 Å². The zero-order valence-electron chi connectivity index (χ0n) is 18.2. The number of carbonyl (C=O) groups is 2. The second kappa shape index (κ2) is 11.5. The van der Waals surface area contributed by atoms with Crippen LogP contribution < -0.4 is 14.8 Å². The van der Waals surface area contributed by atoms with Gasteiger partial charge < -0.3 is 24.6 Å². The number of benzene rings is 1. The molecule has 0 saturated carbocycles. The Kier molecular flexibility index (Phi) is 9.09. The molecule has 2 rings (SSSR count). The third-order valence-corrected chi connectivity index (χ3v) is 5.33. The molecular formula is C22H35N3O4. The summed E-state index contributed by atoms with van der Waals surface area (Å²) in [5, 5.41) is 3.12. The van der Waals surface area contributed by atoms with E-state index in [0.29, 0.717) is 44.0 Å². The SMILES string of the molecule is CCOc1ccc(CCC(=O)NC2CCN(C(=O)N(CC)CC)CC2)cc1OC. The number of hydrogen-bond donors (Lipinski definition) is 1. The van der Waals surface area contributed by atoms with Gasteiger partial charge in [0, 0.05) is 38.6 Å². The zero-order valence-corrected chi connectivity index (χ0v) is 18.2. The lowest BCUT2D eigenvalue weighted by Crippen LogP contribution is -2.50. The molecule has 1 fully saturated rings. The predicted molar refractivity (Wildman–Crippen MR) is 114 cm³/mol. The molecule has 1 N–H and O–H groups in total. The van der Waals surface area contributed by atoms with Crippen molar-refractivity contribution in [3.8, 4) is 11.5 Å². The number of nitrogens with zero attached hydrogens (tertiary/aromatic N) is 2. The van der Waals surface area contributed by atoms with Crippen molar-refractivity contribution in [2.45, 2.75) is 52.5 Å². The van der Waals surface area contributed by atoms with Crippen LogP contribution in [0.1, 0.15) is 45.6 Å². The average Bonchev–Trinajstić information content (AvgIpc) is 2.74. The smallest absolute Gasteiger partial charge is 0.319 e. The van der Waals surface area contributed by atoms with Crippen molar-refractivity contribution in [2.75, 3.05) is 39.9 Å². The normalized spacial score (nSPS) is 14.4. The molecule has 1 heterocycles. The molecule has 0 radical (unpaired) electrons. The number of amides is 3. The molecule has 1 aliphatic heterocycles. The van der Waals surface area contributed by atoms with Crippen LogP contribution in [0.5, 0.6) is 11.5 Å². The molecule has 1 aliphatic rings. The summed E-state index contributed by atoms with van der Waals surface area (Å²) in [5.74, 6) is 1.45. The summed E-state index contributed by atoms with van der Waals surface area (Å²) < 4.78 is 10.9. The second-order valence-corrected chi connectivity index (χ2v) is 7.20. The van der Waals surface area contributed by atoms with E-state index in [1.807, 2.05) is 48.8 Å². The fourth-order valence-electron chi connectivity index (χ4n) is 3.61. The van der Waals surface area contributed by atoms with Gasteiger partial charge in [-0.15, -0.1) is 0 Å². The lowest BCUT2D eigenvalue weighted by atomic mass is 10.0. The molecule has 1 aromatic rings. The van der Waals surface area contributed by atoms with E-state index in [-0.39, 0.29) is 18.0 Å². The fraction of sp³-hybridized carbons (Fsp3) is 0.636. The molecule has 29 heavy (non-hydrogen) atoms. The number of methoxy groups -OCH3 is 1. The minimum absolute atomic E-state index is 0.0476. The summed E-state index contributed by atoms with van der Waals surface area (Å²) in [6, 6.07) is 6.02. The molecular weight excluding hydrogens is 370 g/mol. The van der Waals surface area contributed by atoms with Gasteiger partial charge in [-0.25, -0.2) is 4.79 Å². The van der Waals surface area contributed by atoms with Gasteiger partial charge in [0.05, 0.1) is 13.7 Å². The highest BCUT2D eigenvalue weighted by atomic mass is 16.5. The average molecular weight is 406 g/mol. The Bertz CT molecular complexity index is 668. The van der Waals surface area contributed by atoms with Gasteiger partial charge in [0.1, 0.15) is 0 Å². The summed E-state index contributed by atoms with van der Waals surface area (Å²) in [5.41, 5.74) is 1.04. The van der Waals surface area contributed by atoms with E-state index in [2.05, 4.69) is 5.32 Å². The maximum atomic E-state index is 12.4. The number of urea groups is 1. The molecule has 1 saturated heterocycles. The summed E-state index contributed by atoms with van der Waals surface area (Å²) >= 11 is 0. The Labute approximate surface area is 174 Å². The van der Waals surface area contributed by atoms with Crippen LogP contribution in [0.3, 0.4) is 0 Å². The Hall–Kier alpha value is -2.44. The highest BCUT2D eigenvalue weighted by Crippen LogP contribution is 2.28. The van der Waals surface area contributed by atoms with Crippen LogP contribution in [0.4, 0.5) is 4.79 Å². The summed E-state index contributed by atoms with van der Waals surface area (Å²) in [4.78, 5) is 28.5. The molecule has 0 aliphatic carbocycles. The molecule has 0 spiro atoms. The van der Waals surface area contributed by atoms with Crippen LogP contribution in [-0.4, -0.2) is 67.7 Å². The number of hydrogen-bond acceptors (Lipinski definition) is 4. The van der Waals surface area contributed by atoms with Crippen molar-refractivity contribution in [3.63, 3.8) is 0 Å². The van der Waals surface area contributed by atoms with E-state index >= 15 is 0 Å². The molecule has 162 valence electrons. The zero-order chi connectivity index (χ0) is 21.2. The van der Waals surface area contributed by atoms with Crippen LogP contribution in [0.15, 0.2) is 18.2 Å². The van der Waals surface area contributed by atoms with Crippen LogP contribution in [0.25, 0.3) is 0 Å². The molecule has 0 unspecified atom stereocenters. The Morgan fingerprint density at radius 2 is 1.83 bits per heavy atom. The number of ether oxygens (including phenoxy) is 2. The monoisotopic (exact) mass is 405 g/mol. The van der Waals surface area contributed by atoms with Gasteiger partial charge in [-0.05, 0) is 57.7 Å². The van der Waals surface area contributed by atoms with E-state index in [4.69, 9.17) is 9.47 Å². The Morgan fingerprint density at radius 3 is 2.41 bits per heavy atom. The van der Waals surface area contributed by atoms with Gasteiger partial charge in [0.2, 0.25) is 5.91 Å². The first kappa shape index (κ1) is 22.8. The van der Waals surface area contributed by atoms with Gasteiger partial charge in [0.15, 0.2) is 11.5 Å². The highest BCUT2D eigenvalue weighted by Gasteiger charge is 2.25. The number of carbonyl (C=O) groups excluding carboxylic acids is 2. The number of piperidine rings is 1. The predicted octanol–water partition coefficient (Wildman–Crippen LogP) is 3.07. The number of nitrogens with one attached hydrogen (secondary N) is 1. The number of rotatable bonds is 9. The maximum Gasteiger partial charge on any atom is 0.319 e. The topological polar surface area (TPSA) is 71.1 Å². The second-order valence-electron chi connectivity index (χ2n) is 7.20. The maximum absolute atomic E-state index is 12.4. The Balaban J connectivity index is 1.77. The number of aryl methyl sites for hydroxylation is 1. The Morgan fingerprint density at radius 1 is 1.14 bits per heavy atom. The largest absolute Gasteiger partial charge is 0.493 e. The first-order valence-corrected chi connectivity index (χ1v) is 10.6. The lowest BCUT2D eigenvalue weighted by molar-refractivity contribution is -0.122. The molecule has 7 nitrogen and oxygen atoms in total. The minimum atomic E-state index is 0.0476.